The Balaban J connectivity index is 0.00000208. The average molecular weight is 388 g/mol. The molecule has 24 heavy (non-hydrogen) atoms. The van der Waals surface area contributed by atoms with Crippen molar-refractivity contribution in [2.24, 2.45) is 11.7 Å². The van der Waals surface area contributed by atoms with Crippen LogP contribution < -0.4 is 16.0 Å². The van der Waals surface area contributed by atoms with Crippen LogP contribution in [0.3, 0.4) is 0 Å². The van der Waals surface area contributed by atoms with Gasteiger partial charge in [-0.05, 0) is 36.2 Å². The van der Waals surface area contributed by atoms with E-state index in [9.17, 15) is 9.59 Å². The quantitative estimate of drug-likeness (QED) is 0.761. The van der Waals surface area contributed by atoms with Gasteiger partial charge in [-0.1, -0.05) is 30.7 Å². The van der Waals surface area contributed by atoms with Crippen molar-refractivity contribution in [3.05, 3.63) is 33.7 Å². The molecule has 2 unspecified atom stereocenters. The molecule has 0 aromatic heterocycles. The van der Waals surface area contributed by atoms with E-state index in [1.165, 1.54) is 0 Å². The van der Waals surface area contributed by atoms with Crippen molar-refractivity contribution in [2.45, 2.75) is 19.4 Å². The van der Waals surface area contributed by atoms with E-state index in [1.54, 1.807) is 6.08 Å². The predicted molar refractivity (Wildman–Crippen MR) is 102 cm³/mol. The van der Waals surface area contributed by atoms with Gasteiger partial charge in [-0.15, -0.1) is 12.4 Å². The van der Waals surface area contributed by atoms with E-state index < -0.39 is 0 Å². The number of nitrogens with two attached hydrogens (primary N) is 1. The summed E-state index contributed by atoms with van der Waals surface area (Å²) >= 11 is 7.32. The Hall–Kier alpha value is -1.21. The number of nitrogens with one attached hydrogen (secondary N) is 1. The molecular weight excluding hydrogens is 369 g/mol. The SMILES string of the molecule is CC1CCN(c2c(Cl)cccc2/C=C2/SC(=O)NC2=O)CC1N.Cl. The molecular formula is C16H19Cl2N3O2S. The highest BCUT2D eigenvalue weighted by molar-refractivity contribution is 8.18. The van der Waals surface area contributed by atoms with Crippen LogP contribution in [0.5, 0.6) is 0 Å². The first-order valence-electron chi connectivity index (χ1n) is 7.49. The Kier molecular flexibility index (Phi) is 6.20. The van der Waals surface area contributed by atoms with Gasteiger partial charge in [0.2, 0.25) is 0 Å². The minimum Gasteiger partial charge on any atom is -0.368 e. The zero-order valence-electron chi connectivity index (χ0n) is 13.1. The van der Waals surface area contributed by atoms with Gasteiger partial charge in [-0.25, -0.2) is 0 Å². The summed E-state index contributed by atoms with van der Waals surface area (Å²) in [5, 5.41) is 2.54. The second-order valence-corrected chi connectivity index (χ2v) is 7.33. The molecule has 8 heteroatoms. The second kappa shape index (κ2) is 7.78. The van der Waals surface area contributed by atoms with E-state index in [-0.39, 0.29) is 29.6 Å². The van der Waals surface area contributed by atoms with Crippen molar-refractivity contribution >= 4 is 58.7 Å². The van der Waals surface area contributed by atoms with Crippen molar-refractivity contribution in [1.29, 1.82) is 0 Å². The molecule has 2 aliphatic heterocycles. The average Bonchev–Trinajstić information content (AvgIpc) is 2.80. The first kappa shape index (κ1) is 19.1. The van der Waals surface area contributed by atoms with Gasteiger partial charge in [-0.3, -0.25) is 14.9 Å². The number of piperidine rings is 1. The van der Waals surface area contributed by atoms with Crippen molar-refractivity contribution in [2.75, 3.05) is 18.0 Å². The van der Waals surface area contributed by atoms with Crippen LogP contribution in [0.25, 0.3) is 6.08 Å². The van der Waals surface area contributed by atoms with E-state index >= 15 is 0 Å². The van der Waals surface area contributed by atoms with Gasteiger partial charge in [-0.2, -0.15) is 0 Å². The second-order valence-electron chi connectivity index (χ2n) is 5.91. The van der Waals surface area contributed by atoms with Gasteiger partial charge >= 0.3 is 0 Å². The molecule has 3 N–H and O–H groups in total. The molecule has 2 heterocycles. The molecule has 2 atom stereocenters. The molecule has 2 aliphatic rings. The van der Waals surface area contributed by atoms with E-state index in [0.29, 0.717) is 15.8 Å². The van der Waals surface area contributed by atoms with Crippen LogP contribution >= 0.6 is 35.8 Å². The fourth-order valence-electron chi connectivity index (χ4n) is 2.85. The molecule has 0 aliphatic carbocycles. The van der Waals surface area contributed by atoms with E-state index in [4.69, 9.17) is 17.3 Å². The highest BCUT2D eigenvalue weighted by Gasteiger charge is 2.28. The molecule has 5 nitrogen and oxygen atoms in total. The number of nitrogens with zero attached hydrogens (tertiary/aromatic N) is 1. The van der Waals surface area contributed by atoms with Crippen molar-refractivity contribution in [3.8, 4) is 0 Å². The van der Waals surface area contributed by atoms with Crippen molar-refractivity contribution < 1.29 is 9.59 Å². The Morgan fingerprint density at radius 1 is 1.42 bits per heavy atom. The number of amides is 2. The zero-order chi connectivity index (χ0) is 16.6. The van der Waals surface area contributed by atoms with Crippen LogP contribution in [0.1, 0.15) is 18.9 Å². The summed E-state index contributed by atoms with van der Waals surface area (Å²) in [6.07, 6.45) is 2.71. The molecule has 0 saturated carbocycles. The lowest BCUT2D eigenvalue weighted by Crippen LogP contribution is -2.47. The molecule has 2 fully saturated rings. The summed E-state index contributed by atoms with van der Waals surface area (Å²) in [4.78, 5) is 25.6. The fourth-order valence-corrected chi connectivity index (χ4v) is 3.82. The zero-order valence-corrected chi connectivity index (χ0v) is 15.5. The van der Waals surface area contributed by atoms with Crippen LogP contribution in [0.15, 0.2) is 23.1 Å². The third-order valence-corrected chi connectivity index (χ3v) is 5.39. The maximum atomic E-state index is 11.8. The number of anilines is 1. The lowest BCUT2D eigenvalue weighted by atomic mass is 9.93. The minimum atomic E-state index is -0.366. The predicted octanol–water partition coefficient (Wildman–Crippen LogP) is 3.26. The molecule has 3 rings (SSSR count). The van der Waals surface area contributed by atoms with Gasteiger partial charge in [0, 0.05) is 24.7 Å². The summed E-state index contributed by atoms with van der Waals surface area (Å²) in [5.74, 6) is 0.110. The smallest absolute Gasteiger partial charge is 0.290 e. The van der Waals surface area contributed by atoms with Gasteiger partial charge in [0.05, 0.1) is 15.6 Å². The molecule has 2 amide bonds. The van der Waals surface area contributed by atoms with Gasteiger partial charge in [0.15, 0.2) is 0 Å². The first-order chi connectivity index (χ1) is 11.0. The highest BCUT2D eigenvalue weighted by atomic mass is 35.5. The number of imide groups is 1. The Bertz CT molecular complexity index is 696. The van der Waals surface area contributed by atoms with Crippen LogP contribution in [0.4, 0.5) is 10.5 Å². The van der Waals surface area contributed by atoms with Crippen LogP contribution in [0, 0.1) is 5.92 Å². The molecule has 1 aromatic carbocycles. The number of benzene rings is 1. The van der Waals surface area contributed by atoms with E-state index in [2.05, 4.69) is 17.1 Å². The summed E-state index contributed by atoms with van der Waals surface area (Å²) in [7, 11) is 0. The molecule has 0 bridgehead atoms. The monoisotopic (exact) mass is 387 g/mol. The largest absolute Gasteiger partial charge is 0.368 e. The van der Waals surface area contributed by atoms with E-state index in [1.807, 2.05) is 18.2 Å². The number of hydrogen-bond acceptors (Lipinski definition) is 5. The van der Waals surface area contributed by atoms with Gasteiger partial charge < -0.3 is 10.6 Å². The van der Waals surface area contributed by atoms with Crippen molar-refractivity contribution in [1.82, 2.24) is 5.32 Å². The highest BCUT2D eigenvalue weighted by Crippen LogP contribution is 2.36. The van der Waals surface area contributed by atoms with Crippen LogP contribution in [0.2, 0.25) is 5.02 Å². The summed E-state index contributed by atoms with van der Waals surface area (Å²) in [5.41, 5.74) is 7.89. The Labute approximate surface area is 156 Å². The third kappa shape index (κ3) is 3.88. The van der Waals surface area contributed by atoms with Crippen molar-refractivity contribution in [3.63, 3.8) is 0 Å². The maximum absolute atomic E-state index is 11.8. The fraction of sp³-hybridized carbons (Fsp3) is 0.375. The van der Waals surface area contributed by atoms with Crippen LogP contribution in [-0.2, 0) is 4.79 Å². The minimum absolute atomic E-state index is 0. The van der Waals surface area contributed by atoms with Gasteiger partial charge in [0.25, 0.3) is 11.1 Å². The number of halogens is 2. The summed E-state index contributed by atoms with van der Waals surface area (Å²) in [6.45, 7) is 3.75. The first-order valence-corrected chi connectivity index (χ1v) is 8.69. The number of thioether (sulfide) groups is 1. The Morgan fingerprint density at radius 3 is 2.79 bits per heavy atom. The van der Waals surface area contributed by atoms with Gasteiger partial charge in [0.1, 0.15) is 0 Å². The number of hydrogen-bond donors (Lipinski definition) is 2. The number of rotatable bonds is 2. The standard InChI is InChI=1S/C16H18ClN3O2S.ClH/c1-9-5-6-20(8-12(9)18)14-10(3-2-4-11(14)17)7-13-15(21)19-16(22)23-13;/h2-4,7,9,12H,5-6,8,18H2,1H3,(H,19,21,22);1H/b13-7+;. The number of carbonyl (C=O) groups is 2. The number of carbonyl (C=O) groups excluding carboxylic acids is 2. The lowest BCUT2D eigenvalue weighted by molar-refractivity contribution is -0.115. The Morgan fingerprint density at radius 2 is 2.17 bits per heavy atom. The molecule has 0 radical (unpaired) electrons. The lowest BCUT2D eigenvalue weighted by Gasteiger charge is -2.37. The topological polar surface area (TPSA) is 75.4 Å². The third-order valence-electron chi connectivity index (χ3n) is 4.28. The molecule has 0 spiro atoms. The normalized spacial score (nSPS) is 25.6. The van der Waals surface area contributed by atoms with Crippen LogP contribution in [-0.4, -0.2) is 30.3 Å². The molecule has 1 aromatic rings. The number of para-hydroxylation sites is 1. The molecule has 2 saturated heterocycles. The maximum Gasteiger partial charge on any atom is 0.290 e. The summed E-state index contributed by atoms with van der Waals surface area (Å²) in [6, 6.07) is 5.65. The van der Waals surface area contributed by atoms with E-state index in [0.717, 1.165) is 42.5 Å². The molecule has 130 valence electrons. The summed E-state index contributed by atoms with van der Waals surface area (Å²) < 4.78 is 0.